The van der Waals surface area contributed by atoms with Gasteiger partial charge < -0.3 is 15.4 Å². The fourth-order valence-corrected chi connectivity index (χ4v) is 4.96. The van der Waals surface area contributed by atoms with Crippen LogP contribution in [0.2, 0.25) is 0 Å². The van der Waals surface area contributed by atoms with Crippen LogP contribution in [0.4, 0.5) is 18.0 Å². The Labute approximate surface area is 131 Å². The van der Waals surface area contributed by atoms with Crippen molar-refractivity contribution in [2.24, 2.45) is 10.8 Å². The molecule has 1 aliphatic heterocycles. The maximum absolute atomic E-state index is 13.3. The highest BCUT2D eigenvalue weighted by molar-refractivity contribution is 5.84. The highest BCUT2D eigenvalue weighted by atomic mass is 19.4. The van der Waals surface area contributed by atoms with Crippen LogP contribution < -0.4 is 10.6 Å². The standard InChI is InChI=1S/C15H19F3N2O3/c16-15(17,18)14-3-1-13(7-14,2-4-14)11(21)20-9-5-8-6-10(9)23-12(22)19-8/h8-10H,1-7H2,(H,19,22)(H,20,21)/t8-,9-,10-,13?,14?/m1/s1. The van der Waals surface area contributed by atoms with E-state index in [9.17, 15) is 22.8 Å². The maximum atomic E-state index is 13.3. The van der Waals surface area contributed by atoms with Crippen molar-refractivity contribution in [1.82, 2.24) is 10.6 Å². The number of hydrogen-bond donors (Lipinski definition) is 2. The first-order valence-corrected chi connectivity index (χ1v) is 8.08. The van der Waals surface area contributed by atoms with Crippen LogP contribution in [0.3, 0.4) is 0 Å². The summed E-state index contributed by atoms with van der Waals surface area (Å²) in [5, 5.41) is 5.55. The lowest BCUT2D eigenvalue weighted by Gasteiger charge is -2.30. The predicted molar refractivity (Wildman–Crippen MR) is 72.4 cm³/mol. The number of carbonyl (C=O) groups excluding carboxylic acids is 2. The second kappa shape index (κ2) is 4.54. The normalized spacial score (nSPS) is 44.8. The highest BCUT2D eigenvalue weighted by Crippen LogP contribution is 2.67. The lowest BCUT2D eigenvalue weighted by atomic mass is 9.81. The Morgan fingerprint density at radius 3 is 2.52 bits per heavy atom. The predicted octanol–water partition coefficient (Wildman–Crippen LogP) is 2.25. The van der Waals surface area contributed by atoms with Crippen molar-refractivity contribution in [2.75, 3.05) is 0 Å². The van der Waals surface area contributed by atoms with Gasteiger partial charge in [-0.25, -0.2) is 4.79 Å². The van der Waals surface area contributed by atoms with E-state index >= 15 is 0 Å². The fraction of sp³-hybridized carbons (Fsp3) is 0.867. The molecule has 8 heteroatoms. The smallest absolute Gasteiger partial charge is 0.407 e. The van der Waals surface area contributed by atoms with Crippen LogP contribution in [0.25, 0.3) is 0 Å². The summed E-state index contributed by atoms with van der Waals surface area (Å²) in [5.41, 5.74) is -2.58. The Balaban J connectivity index is 1.46. The molecule has 2 amide bonds. The van der Waals surface area contributed by atoms with Crippen molar-refractivity contribution in [2.45, 2.75) is 69.3 Å². The van der Waals surface area contributed by atoms with E-state index in [1.807, 2.05) is 0 Å². The molecule has 4 rings (SSSR count). The van der Waals surface area contributed by atoms with Crippen molar-refractivity contribution in [1.29, 1.82) is 0 Å². The first kappa shape index (κ1) is 15.1. The molecule has 0 radical (unpaired) electrons. The highest BCUT2D eigenvalue weighted by Gasteiger charge is 2.68. The van der Waals surface area contributed by atoms with Gasteiger partial charge in [0.25, 0.3) is 0 Å². The van der Waals surface area contributed by atoms with Crippen LogP contribution >= 0.6 is 0 Å². The van der Waals surface area contributed by atoms with Crippen LogP contribution in [0.1, 0.15) is 44.9 Å². The monoisotopic (exact) mass is 332 g/mol. The van der Waals surface area contributed by atoms with E-state index < -0.39 is 23.1 Å². The third-order valence-corrected chi connectivity index (χ3v) is 6.32. The van der Waals surface area contributed by atoms with Gasteiger partial charge in [0.2, 0.25) is 5.91 Å². The van der Waals surface area contributed by atoms with E-state index in [2.05, 4.69) is 10.6 Å². The molecule has 0 aromatic carbocycles. The molecule has 128 valence electrons. The minimum atomic E-state index is -4.24. The molecule has 3 saturated carbocycles. The van der Waals surface area contributed by atoms with Gasteiger partial charge >= 0.3 is 12.3 Å². The molecule has 0 aromatic heterocycles. The van der Waals surface area contributed by atoms with E-state index in [-0.39, 0.29) is 56.2 Å². The molecule has 4 bridgehead atoms. The number of rotatable bonds is 2. The molecule has 2 N–H and O–H groups in total. The van der Waals surface area contributed by atoms with Gasteiger partial charge in [0.05, 0.1) is 16.9 Å². The van der Waals surface area contributed by atoms with Gasteiger partial charge in [-0.05, 0) is 38.5 Å². The number of ether oxygens (including phenoxy) is 1. The number of alkyl carbamates (subject to hydrolysis) is 1. The zero-order valence-electron chi connectivity index (χ0n) is 12.5. The van der Waals surface area contributed by atoms with Crippen LogP contribution in [0, 0.1) is 10.8 Å². The van der Waals surface area contributed by atoms with Crippen molar-refractivity contribution >= 4 is 12.0 Å². The average molecular weight is 332 g/mol. The molecule has 1 heterocycles. The van der Waals surface area contributed by atoms with Gasteiger partial charge in [0.1, 0.15) is 6.10 Å². The number of halogens is 3. The SMILES string of the molecule is O=C1N[C@@H]2C[C@@H](NC(=O)C34CCC(C(F)(F)F)(CC3)C4)[C@@H](C2)O1. The summed E-state index contributed by atoms with van der Waals surface area (Å²) in [5.74, 6) is -0.297. The van der Waals surface area contributed by atoms with Gasteiger partial charge in [-0.2, -0.15) is 13.2 Å². The first-order chi connectivity index (χ1) is 10.7. The molecule has 0 aromatic rings. The minimum Gasteiger partial charge on any atom is -0.444 e. The van der Waals surface area contributed by atoms with Crippen LogP contribution in [-0.4, -0.2) is 36.4 Å². The van der Waals surface area contributed by atoms with Crippen molar-refractivity contribution in [3.63, 3.8) is 0 Å². The van der Waals surface area contributed by atoms with E-state index in [1.165, 1.54) is 0 Å². The summed E-state index contributed by atoms with van der Waals surface area (Å²) < 4.78 is 45.1. The zero-order valence-corrected chi connectivity index (χ0v) is 12.5. The lowest BCUT2D eigenvalue weighted by molar-refractivity contribution is -0.220. The van der Waals surface area contributed by atoms with E-state index in [0.29, 0.717) is 12.8 Å². The minimum absolute atomic E-state index is 0.0227. The second-order valence-electron chi connectivity index (χ2n) is 7.57. The van der Waals surface area contributed by atoms with E-state index in [4.69, 9.17) is 4.74 Å². The second-order valence-corrected chi connectivity index (χ2v) is 7.57. The fourth-order valence-electron chi connectivity index (χ4n) is 4.96. The zero-order chi connectivity index (χ0) is 16.5. The van der Waals surface area contributed by atoms with Crippen molar-refractivity contribution in [3.05, 3.63) is 0 Å². The van der Waals surface area contributed by atoms with Gasteiger partial charge in [-0.3, -0.25) is 4.79 Å². The quantitative estimate of drug-likeness (QED) is 0.815. The molecule has 4 fully saturated rings. The number of amides is 2. The summed E-state index contributed by atoms with van der Waals surface area (Å²) in [6.45, 7) is 0. The topological polar surface area (TPSA) is 67.4 Å². The van der Waals surface area contributed by atoms with E-state index in [0.717, 1.165) is 0 Å². The Morgan fingerprint density at radius 1 is 1.22 bits per heavy atom. The van der Waals surface area contributed by atoms with Crippen molar-refractivity contribution in [3.8, 4) is 0 Å². The Bertz CT molecular complexity index is 555. The number of hydrogen-bond acceptors (Lipinski definition) is 3. The summed E-state index contributed by atoms with van der Waals surface area (Å²) >= 11 is 0. The third kappa shape index (κ3) is 2.13. The number of fused-ring (bicyclic) bond motifs is 4. The summed E-state index contributed by atoms with van der Waals surface area (Å²) in [7, 11) is 0. The molecule has 23 heavy (non-hydrogen) atoms. The van der Waals surface area contributed by atoms with Gasteiger partial charge in [0.15, 0.2) is 0 Å². The Kier molecular flexibility index (Phi) is 2.98. The molecule has 5 nitrogen and oxygen atoms in total. The molecular weight excluding hydrogens is 313 g/mol. The summed E-state index contributed by atoms with van der Waals surface area (Å²) in [4.78, 5) is 24.0. The summed E-state index contributed by atoms with van der Waals surface area (Å²) in [6.07, 6.45) is -3.34. The molecule has 4 aliphatic rings. The molecule has 3 aliphatic carbocycles. The largest absolute Gasteiger partial charge is 0.444 e. The number of nitrogens with one attached hydrogen (secondary N) is 2. The lowest BCUT2D eigenvalue weighted by Crippen LogP contribution is -2.48. The third-order valence-electron chi connectivity index (χ3n) is 6.32. The Hall–Kier alpha value is -1.47. The van der Waals surface area contributed by atoms with E-state index in [1.54, 1.807) is 0 Å². The van der Waals surface area contributed by atoms with Gasteiger partial charge in [-0.15, -0.1) is 0 Å². The first-order valence-electron chi connectivity index (χ1n) is 8.08. The van der Waals surface area contributed by atoms with Gasteiger partial charge in [-0.1, -0.05) is 0 Å². The van der Waals surface area contributed by atoms with Crippen LogP contribution in [-0.2, 0) is 9.53 Å². The average Bonchev–Trinajstić information content (AvgIpc) is 3.11. The van der Waals surface area contributed by atoms with Crippen LogP contribution in [0.5, 0.6) is 0 Å². The van der Waals surface area contributed by atoms with Gasteiger partial charge in [0, 0.05) is 12.5 Å². The molecule has 0 unspecified atom stereocenters. The van der Waals surface area contributed by atoms with Crippen molar-refractivity contribution < 1.29 is 27.5 Å². The Morgan fingerprint density at radius 2 is 1.91 bits per heavy atom. The molecular formula is C15H19F3N2O3. The molecule has 0 spiro atoms. The van der Waals surface area contributed by atoms with Crippen LogP contribution in [0.15, 0.2) is 0 Å². The molecule has 1 saturated heterocycles. The number of alkyl halides is 3. The maximum Gasteiger partial charge on any atom is 0.407 e. The number of carbonyl (C=O) groups is 2. The summed E-state index contributed by atoms with van der Waals surface area (Å²) in [6, 6.07) is -0.326. The molecule has 3 atom stereocenters.